The van der Waals surface area contributed by atoms with Crippen LogP contribution in [0.25, 0.3) is 10.8 Å². The van der Waals surface area contributed by atoms with Gasteiger partial charge in [-0.25, -0.2) is 9.48 Å². The summed E-state index contributed by atoms with van der Waals surface area (Å²) in [6.07, 6.45) is 0.676. The Morgan fingerprint density at radius 2 is 1.69 bits per heavy atom. The number of ether oxygens (including phenoxy) is 1. The number of para-hydroxylation sites is 1. The molecule has 7 nitrogen and oxygen atoms in total. The number of rotatable bonds is 8. The maximum Gasteiger partial charge on any atom is 0.359 e. The Bertz CT molecular complexity index is 1440. The Labute approximate surface area is 211 Å². The van der Waals surface area contributed by atoms with Gasteiger partial charge in [-0.2, -0.15) is 5.10 Å². The smallest absolute Gasteiger partial charge is 0.359 e. The maximum absolute atomic E-state index is 12.8. The molecule has 3 aromatic carbocycles. The number of amides is 1. The number of hydrogen-bond donors (Lipinski definition) is 1. The lowest BCUT2D eigenvalue weighted by Gasteiger charge is -2.12. The fourth-order valence-corrected chi connectivity index (χ4v) is 4.45. The minimum atomic E-state index is -0.773. The van der Waals surface area contributed by atoms with E-state index in [0.717, 1.165) is 9.79 Å². The van der Waals surface area contributed by atoms with Gasteiger partial charge in [0, 0.05) is 26.7 Å². The van der Waals surface area contributed by atoms with Crippen molar-refractivity contribution in [1.82, 2.24) is 9.78 Å². The predicted molar refractivity (Wildman–Crippen MR) is 137 cm³/mol. The van der Waals surface area contributed by atoms with E-state index < -0.39 is 18.5 Å². The van der Waals surface area contributed by atoms with Crippen LogP contribution in [0.15, 0.2) is 87.4 Å². The molecular weight excluding hydrogens is 486 g/mol. The lowest BCUT2D eigenvalue weighted by molar-refractivity contribution is -0.119. The Kier molecular flexibility index (Phi) is 7.84. The number of aromatic nitrogens is 2. The molecule has 0 saturated carbocycles. The van der Waals surface area contributed by atoms with Crippen LogP contribution in [0.4, 0.5) is 5.69 Å². The Morgan fingerprint density at radius 3 is 2.43 bits per heavy atom. The monoisotopic (exact) mass is 507 g/mol. The van der Waals surface area contributed by atoms with E-state index in [4.69, 9.17) is 16.3 Å². The molecule has 1 aromatic heterocycles. The SMILES string of the molecule is CCCn1nc(C(=O)OCC(=O)Nc2ccccc2Sc2ccc(Cl)cc2)c2ccccc2c1=O. The summed E-state index contributed by atoms with van der Waals surface area (Å²) in [5.41, 5.74) is 0.320. The van der Waals surface area contributed by atoms with Gasteiger partial charge in [0.05, 0.1) is 11.1 Å². The lowest BCUT2D eigenvalue weighted by Crippen LogP contribution is -2.27. The third-order valence-electron chi connectivity index (χ3n) is 5.03. The van der Waals surface area contributed by atoms with Gasteiger partial charge in [-0.3, -0.25) is 9.59 Å². The average Bonchev–Trinajstić information content (AvgIpc) is 2.87. The van der Waals surface area contributed by atoms with Crippen LogP contribution in [0.1, 0.15) is 23.8 Å². The van der Waals surface area contributed by atoms with E-state index >= 15 is 0 Å². The largest absolute Gasteiger partial charge is 0.451 e. The van der Waals surface area contributed by atoms with Crippen LogP contribution >= 0.6 is 23.4 Å². The molecule has 4 aromatic rings. The summed E-state index contributed by atoms with van der Waals surface area (Å²) in [6, 6.07) is 21.4. The van der Waals surface area contributed by atoms with Gasteiger partial charge in [0.15, 0.2) is 12.3 Å². The number of halogens is 1. The van der Waals surface area contributed by atoms with Crippen molar-refractivity contribution in [2.45, 2.75) is 29.7 Å². The van der Waals surface area contributed by atoms with Crippen LogP contribution in [-0.4, -0.2) is 28.3 Å². The standard InChI is InChI=1S/C26H22ClN3O4S/c1-2-15-30-25(32)20-8-4-3-7-19(20)24(29-30)26(33)34-16-23(31)28-21-9-5-6-10-22(21)35-18-13-11-17(27)12-14-18/h3-14H,2,15-16H2,1H3,(H,28,31). The van der Waals surface area contributed by atoms with Gasteiger partial charge in [0.1, 0.15) is 0 Å². The van der Waals surface area contributed by atoms with Crippen LogP contribution in [0.3, 0.4) is 0 Å². The number of fused-ring (bicyclic) bond motifs is 1. The third kappa shape index (κ3) is 5.90. The second-order valence-corrected chi connectivity index (χ2v) is 9.15. The van der Waals surface area contributed by atoms with Gasteiger partial charge in [0.2, 0.25) is 0 Å². The third-order valence-corrected chi connectivity index (χ3v) is 6.37. The lowest BCUT2D eigenvalue weighted by atomic mass is 10.1. The van der Waals surface area contributed by atoms with E-state index in [-0.39, 0.29) is 11.3 Å². The predicted octanol–water partition coefficient (Wildman–Crippen LogP) is 5.41. The number of nitrogens with one attached hydrogen (secondary N) is 1. The van der Waals surface area contributed by atoms with Crippen molar-refractivity contribution in [2.24, 2.45) is 0 Å². The van der Waals surface area contributed by atoms with E-state index in [1.165, 1.54) is 16.4 Å². The molecule has 0 fully saturated rings. The summed E-state index contributed by atoms with van der Waals surface area (Å²) < 4.78 is 6.52. The molecule has 0 unspecified atom stereocenters. The molecule has 0 aliphatic carbocycles. The van der Waals surface area contributed by atoms with E-state index in [1.807, 2.05) is 31.2 Å². The minimum absolute atomic E-state index is 0.000133. The highest BCUT2D eigenvalue weighted by molar-refractivity contribution is 7.99. The summed E-state index contributed by atoms with van der Waals surface area (Å²) in [5, 5.41) is 8.40. The summed E-state index contributed by atoms with van der Waals surface area (Å²) in [6.45, 7) is 1.78. The Morgan fingerprint density at radius 1 is 1.00 bits per heavy atom. The van der Waals surface area contributed by atoms with E-state index in [1.54, 1.807) is 48.5 Å². The molecule has 178 valence electrons. The van der Waals surface area contributed by atoms with Crippen molar-refractivity contribution in [3.05, 3.63) is 93.9 Å². The second-order valence-electron chi connectivity index (χ2n) is 7.60. The quantitative estimate of drug-likeness (QED) is 0.321. The van der Waals surface area contributed by atoms with E-state index in [2.05, 4.69) is 10.4 Å². The fourth-order valence-electron chi connectivity index (χ4n) is 3.42. The van der Waals surface area contributed by atoms with Crippen molar-refractivity contribution >= 4 is 51.7 Å². The highest BCUT2D eigenvalue weighted by atomic mass is 35.5. The second kappa shape index (κ2) is 11.2. The number of aryl methyl sites for hydroxylation is 1. The number of carbonyl (C=O) groups excluding carboxylic acids is 2. The molecule has 1 amide bonds. The Balaban J connectivity index is 1.47. The van der Waals surface area contributed by atoms with Gasteiger partial charge >= 0.3 is 5.97 Å². The molecule has 35 heavy (non-hydrogen) atoms. The van der Waals surface area contributed by atoms with Gasteiger partial charge in [0.25, 0.3) is 11.5 Å². The molecule has 1 heterocycles. The van der Waals surface area contributed by atoms with E-state index in [9.17, 15) is 14.4 Å². The molecule has 0 radical (unpaired) electrons. The summed E-state index contributed by atoms with van der Waals surface area (Å²) in [7, 11) is 0. The van der Waals surface area contributed by atoms with Gasteiger partial charge in [-0.15, -0.1) is 0 Å². The van der Waals surface area contributed by atoms with E-state index in [0.29, 0.717) is 34.4 Å². The molecule has 0 spiro atoms. The number of anilines is 1. The zero-order chi connectivity index (χ0) is 24.8. The van der Waals surface area contributed by atoms with Crippen LogP contribution in [0, 0.1) is 0 Å². The summed E-state index contributed by atoms with van der Waals surface area (Å²) >= 11 is 7.43. The number of hydrogen-bond acceptors (Lipinski definition) is 6. The molecule has 0 bridgehead atoms. The first-order valence-corrected chi connectivity index (χ1v) is 12.1. The Hall–Kier alpha value is -3.62. The normalized spacial score (nSPS) is 10.8. The van der Waals surface area contributed by atoms with Gasteiger partial charge in [-0.1, -0.05) is 60.6 Å². The first-order chi connectivity index (χ1) is 17.0. The van der Waals surface area contributed by atoms with Crippen molar-refractivity contribution < 1.29 is 14.3 Å². The minimum Gasteiger partial charge on any atom is -0.451 e. The van der Waals surface area contributed by atoms with Crippen molar-refractivity contribution in [3.63, 3.8) is 0 Å². The number of nitrogens with zero attached hydrogens (tertiary/aromatic N) is 2. The summed E-state index contributed by atoms with van der Waals surface area (Å²) in [5.74, 6) is -1.27. The van der Waals surface area contributed by atoms with Crippen LogP contribution in [0.5, 0.6) is 0 Å². The molecule has 0 atom stereocenters. The number of esters is 1. The van der Waals surface area contributed by atoms with Gasteiger partial charge in [-0.05, 0) is 48.9 Å². The highest BCUT2D eigenvalue weighted by Gasteiger charge is 2.19. The molecule has 0 aliphatic rings. The first-order valence-electron chi connectivity index (χ1n) is 11.0. The molecule has 1 N–H and O–H groups in total. The van der Waals surface area contributed by atoms with Gasteiger partial charge < -0.3 is 10.1 Å². The maximum atomic E-state index is 12.8. The molecule has 0 aliphatic heterocycles. The molecular formula is C26H22ClN3O4S. The van der Waals surface area contributed by atoms with Crippen molar-refractivity contribution in [1.29, 1.82) is 0 Å². The topological polar surface area (TPSA) is 90.3 Å². The van der Waals surface area contributed by atoms with Crippen LogP contribution in [-0.2, 0) is 16.1 Å². The average molecular weight is 508 g/mol. The summed E-state index contributed by atoms with van der Waals surface area (Å²) in [4.78, 5) is 39.8. The first kappa shape index (κ1) is 24.5. The number of carbonyl (C=O) groups is 2. The van der Waals surface area contributed by atoms with Crippen LogP contribution < -0.4 is 10.9 Å². The zero-order valence-corrected chi connectivity index (χ0v) is 20.4. The zero-order valence-electron chi connectivity index (χ0n) is 18.9. The van der Waals surface area contributed by atoms with Crippen molar-refractivity contribution in [2.75, 3.05) is 11.9 Å². The molecule has 4 rings (SSSR count). The molecule has 0 saturated heterocycles. The van der Waals surface area contributed by atoms with Crippen molar-refractivity contribution in [3.8, 4) is 0 Å². The molecule has 9 heteroatoms. The highest BCUT2D eigenvalue weighted by Crippen LogP contribution is 2.33. The number of benzene rings is 3. The van der Waals surface area contributed by atoms with Crippen LogP contribution in [0.2, 0.25) is 5.02 Å². The fraction of sp³-hybridized carbons (Fsp3) is 0.154.